The molecule has 2 aromatic carbocycles. The molecule has 0 aliphatic heterocycles. The van der Waals surface area contributed by atoms with Gasteiger partial charge in [-0.3, -0.25) is 4.79 Å². The Balaban J connectivity index is 1.82. The van der Waals surface area contributed by atoms with Crippen LogP contribution >= 0.6 is 11.3 Å². The lowest BCUT2D eigenvalue weighted by Crippen LogP contribution is -2.16. The van der Waals surface area contributed by atoms with Gasteiger partial charge in [-0.2, -0.15) is 4.99 Å². The minimum Gasteiger partial charge on any atom is -0.493 e. The minimum absolute atomic E-state index is 0.210. The number of benzene rings is 2. The number of nitrogens with zero attached hydrogens (tertiary/aromatic N) is 2. The molecular weight excluding hydrogens is 364 g/mol. The number of thiazole rings is 1. The average molecular weight is 386 g/mol. The van der Waals surface area contributed by atoms with E-state index in [-0.39, 0.29) is 12.3 Å². The SMILES string of the molecule is CCn1c(=NC(=O)CCOc2ccccc2)sc2cc(OC)c(OC)cc21. The molecule has 0 radical (unpaired) electrons. The first-order valence-corrected chi connectivity index (χ1v) is 9.48. The number of hydrogen-bond donors (Lipinski definition) is 0. The molecule has 0 spiro atoms. The predicted molar refractivity (Wildman–Crippen MR) is 106 cm³/mol. The topological polar surface area (TPSA) is 62.1 Å². The number of hydrogen-bond acceptors (Lipinski definition) is 5. The van der Waals surface area contributed by atoms with Gasteiger partial charge in [-0.25, -0.2) is 0 Å². The maximum absolute atomic E-state index is 12.3. The summed E-state index contributed by atoms with van der Waals surface area (Å²) in [5.74, 6) is 1.84. The van der Waals surface area contributed by atoms with Crippen molar-refractivity contribution >= 4 is 27.5 Å². The van der Waals surface area contributed by atoms with Crippen LogP contribution in [0.3, 0.4) is 0 Å². The molecule has 142 valence electrons. The fraction of sp³-hybridized carbons (Fsp3) is 0.300. The highest BCUT2D eigenvalue weighted by atomic mass is 32.1. The summed E-state index contributed by atoms with van der Waals surface area (Å²) in [6, 6.07) is 13.3. The Morgan fingerprint density at radius 2 is 1.81 bits per heavy atom. The second-order valence-electron chi connectivity index (χ2n) is 5.72. The monoisotopic (exact) mass is 386 g/mol. The van der Waals surface area contributed by atoms with Gasteiger partial charge in [0.1, 0.15) is 5.75 Å². The highest BCUT2D eigenvalue weighted by Crippen LogP contribution is 2.33. The number of fused-ring (bicyclic) bond motifs is 1. The fourth-order valence-electron chi connectivity index (χ4n) is 2.72. The van der Waals surface area contributed by atoms with Gasteiger partial charge in [0.25, 0.3) is 5.91 Å². The molecule has 0 bridgehead atoms. The van der Waals surface area contributed by atoms with Gasteiger partial charge >= 0.3 is 0 Å². The van der Waals surface area contributed by atoms with E-state index in [0.29, 0.717) is 29.5 Å². The zero-order valence-corrected chi connectivity index (χ0v) is 16.4. The Bertz CT molecular complexity index is 992. The lowest BCUT2D eigenvalue weighted by atomic mass is 10.3. The van der Waals surface area contributed by atoms with Gasteiger partial charge in [-0.1, -0.05) is 29.5 Å². The van der Waals surface area contributed by atoms with Crippen molar-refractivity contribution in [3.8, 4) is 17.2 Å². The average Bonchev–Trinajstić information content (AvgIpc) is 3.03. The lowest BCUT2D eigenvalue weighted by molar-refractivity contribution is -0.118. The molecule has 0 atom stereocenters. The van der Waals surface area contributed by atoms with E-state index in [4.69, 9.17) is 14.2 Å². The van der Waals surface area contributed by atoms with Crippen molar-refractivity contribution in [3.63, 3.8) is 0 Å². The van der Waals surface area contributed by atoms with Crippen molar-refractivity contribution in [3.05, 3.63) is 47.3 Å². The summed E-state index contributed by atoms with van der Waals surface area (Å²) in [7, 11) is 3.21. The molecule has 27 heavy (non-hydrogen) atoms. The van der Waals surface area contributed by atoms with Gasteiger partial charge in [0.2, 0.25) is 0 Å². The summed E-state index contributed by atoms with van der Waals surface area (Å²) in [6.07, 6.45) is 0.222. The quantitative estimate of drug-likeness (QED) is 0.622. The lowest BCUT2D eigenvalue weighted by Gasteiger charge is -2.08. The molecular formula is C20H22N2O4S. The van der Waals surface area contributed by atoms with E-state index in [2.05, 4.69) is 4.99 Å². The Morgan fingerprint density at radius 3 is 2.48 bits per heavy atom. The van der Waals surface area contributed by atoms with E-state index in [1.165, 1.54) is 11.3 Å². The first-order chi connectivity index (χ1) is 13.2. The van der Waals surface area contributed by atoms with Gasteiger partial charge in [0.05, 0.1) is 37.5 Å². The van der Waals surface area contributed by atoms with Crippen molar-refractivity contribution in [2.75, 3.05) is 20.8 Å². The molecule has 0 aliphatic rings. The van der Waals surface area contributed by atoms with E-state index in [1.54, 1.807) is 14.2 Å². The van der Waals surface area contributed by atoms with Crippen molar-refractivity contribution in [1.82, 2.24) is 4.57 Å². The van der Waals surface area contributed by atoms with Crippen LogP contribution in [0.15, 0.2) is 47.5 Å². The molecule has 0 N–H and O–H groups in total. The molecule has 3 rings (SSSR count). The maximum atomic E-state index is 12.3. The van der Waals surface area contributed by atoms with Gasteiger partial charge < -0.3 is 18.8 Å². The Labute approximate surface area is 161 Å². The number of aromatic nitrogens is 1. The highest BCUT2D eigenvalue weighted by Gasteiger charge is 2.12. The number of ether oxygens (including phenoxy) is 3. The molecule has 0 saturated heterocycles. The van der Waals surface area contributed by atoms with Gasteiger partial charge in [-0.15, -0.1) is 0 Å². The van der Waals surface area contributed by atoms with E-state index < -0.39 is 0 Å². The van der Waals surface area contributed by atoms with E-state index in [1.807, 2.05) is 54.0 Å². The van der Waals surface area contributed by atoms with Crippen LogP contribution in [0, 0.1) is 0 Å². The molecule has 0 saturated carbocycles. The van der Waals surface area contributed by atoms with Gasteiger partial charge in [0.15, 0.2) is 16.3 Å². The van der Waals surface area contributed by atoms with E-state index in [0.717, 1.165) is 16.0 Å². The third-order valence-electron chi connectivity index (χ3n) is 4.05. The predicted octanol–water partition coefficient (Wildman–Crippen LogP) is 3.64. The zero-order valence-electron chi connectivity index (χ0n) is 15.6. The number of rotatable bonds is 7. The number of carbonyl (C=O) groups excluding carboxylic acids is 1. The second kappa shape index (κ2) is 8.73. The highest BCUT2D eigenvalue weighted by molar-refractivity contribution is 7.16. The third-order valence-corrected chi connectivity index (χ3v) is 5.09. The molecule has 1 aromatic heterocycles. The molecule has 1 amide bonds. The number of para-hydroxylation sites is 1. The number of aryl methyl sites for hydroxylation is 1. The number of methoxy groups -OCH3 is 2. The summed E-state index contributed by atoms with van der Waals surface area (Å²) in [6.45, 7) is 3.01. The van der Waals surface area contributed by atoms with Crippen LogP contribution in [0.25, 0.3) is 10.2 Å². The zero-order chi connectivity index (χ0) is 19.2. The first-order valence-electron chi connectivity index (χ1n) is 8.67. The van der Waals surface area contributed by atoms with Crippen LogP contribution in [0.5, 0.6) is 17.2 Å². The Hall–Kier alpha value is -2.80. The summed E-state index contributed by atoms with van der Waals surface area (Å²) in [5, 5.41) is 0. The molecule has 6 nitrogen and oxygen atoms in total. The van der Waals surface area contributed by atoms with Gasteiger partial charge in [-0.05, 0) is 19.1 Å². The molecule has 0 fully saturated rings. The van der Waals surface area contributed by atoms with Gasteiger partial charge in [0, 0.05) is 18.7 Å². The number of amides is 1. The van der Waals surface area contributed by atoms with Crippen LogP contribution in [0.2, 0.25) is 0 Å². The smallest absolute Gasteiger partial charge is 0.251 e. The summed E-state index contributed by atoms with van der Waals surface area (Å²) < 4.78 is 19.3. The van der Waals surface area contributed by atoms with Crippen molar-refractivity contribution in [2.45, 2.75) is 19.9 Å². The van der Waals surface area contributed by atoms with Crippen molar-refractivity contribution < 1.29 is 19.0 Å². The van der Waals surface area contributed by atoms with E-state index >= 15 is 0 Å². The van der Waals surface area contributed by atoms with Crippen LogP contribution in [-0.2, 0) is 11.3 Å². The molecule has 0 aliphatic carbocycles. The van der Waals surface area contributed by atoms with Crippen LogP contribution < -0.4 is 19.0 Å². The van der Waals surface area contributed by atoms with Crippen LogP contribution in [0.4, 0.5) is 0 Å². The van der Waals surface area contributed by atoms with Crippen molar-refractivity contribution in [2.24, 2.45) is 4.99 Å². The first kappa shape index (κ1) is 19.0. The third kappa shape index (κ3) is 4.31. The molecule has 3 aromatic rings. The standard InChI is InChI=1S/C20H22N2O4S/c1-4-22-15-12-16(24-2)17(25-3)13-18(15)27-20(22)21-19(23)10-11-26-14-8-6-5-7-9-14/h5-9,12-13H,4,10-11H2,1-3H3. The minimum atomic E-state index is -0.210. The summed E-state index contributed by atoms with van der Waals surface area (Å²) in [4.78, 5) is 17.2. The fourth-order valence-corrected chi connectivity index (χ4v) is 3.84. The molecule has 1 heterocycles. The molecule has 7 heteroatoms. The second-order valence-corrected chi connectivity index (χ2v) is 6.73. The van der Waals surface area contributed by atoms with Crippen molar-refractivity contribution in [1.29, 1.82) is 0 Å². The Morgan fingerprint density at radius 1 is 1.11 bits per heavy atom. The summed E-state index contributed by atoms with van der Waals surface area (Å²) in [5.41, 5.74) is 0.965. The Kier molecular flexibility index (Phi) is 6.13. The largest absolute Gasteiger partial charge is 0.493 e. The number of carbonyl (C=O) groups is 1. The van der Waals surface area contributed by atoms with E-state index in [9.17, 15) is 4.79 Å². The summed E-state index contributed by atoms with van der Waals surface area (Å²) >= 11 is 1.45. The van der Waals surface area contributed by atoms with Crippen LogP contribution in [-0.4, -0.2) is 31.3 Å². The normalized spacial score (nSPS) is 11.6. The molecule has 0 unspecified atom stereocenters. The van der Waals surface area contributed by atoms with Crippen LogP contribution in [0.1, 0.15) is 13.3 Å². The maximum Gasteiger partial charge on any atom is 0.251 e.